The molecule has 0 radical (unpaired) electrons. The third kappa shape index (κ3) is 19.7. The minimum Gasteiger partial charge on any atom is -0.443 e. The molecule has 22 nitrogen and oxygen atoms in total. The van der Waals surface area contributed by atoms with Crippen LogP contribution >= 0.6 is 0 Å². The average molecular weight is 980 g/mol. The van der Waals surface area contributed by atoms with Crippen LogP contribution in [-0.2, 0) is 9.47 Å². The van der Waals surface area contributed by atoms with Crippen molar-refractivity contribution in [2.24, 2.45) is 15.0 Å². The number of amides is 2. The number of aliphatic imine (C=N–C) groups is 3. The molecule has 378 valence electrons. The van der Waals surface area contributed by atoms with Gasteiger partial charge in [0.05, 0.1) is 26.4 Å². The number of hydrogen-bond acceptors (Lipinski definition) is 17. The molecule has 0 atom stereocenters. The number of nitrogens with one attached hydrogen (secondary N) is 1. The summed E-state index contributed by atoms with van der Waals surface area (Å²) in [7, 11) is 0. The van der Waals surface area contributed by atoms with Crippen molar-refractivity contribution in [2.45, 2.75) is 78.9 Å². The van der Waals surface area contributed by atoms with Crippen molar-refractivity contribution in [3.63, 3.8) is 0 Å². The standard InChI is InChI=1S/C15H19N3O4.C15H21N3O2.C10H11N3O2.C7H4N2O2.C2H6O/c1-15(2,3)22-14(19)17-9-5-8-16-13(17)11-6-4-7-12(10-11)18(20)21;1-15(2,3)20-14(19)18-9-5-8-17-13(18)11-6-4-7-12(16)10-11;14-13(15)9-4-1-3-8(7-9)10-11-5-2-6-12-10;8-5-6-2-1-3-7(4-6)9(10)11;1-2-3/h4,6-7,10H,5,8-9H2,1-3H3;4,6-7,10H,5,8-9,16H2,1-3H3;1,3-4,7H,2,5-6H2,(H,11,12);1-4H;3H,2H2,1H3. The van der Waals surface area contributed by atoms with Gasteiger partial charge in [0.2, 0.25) is 0 Å². The normalized spacial score (nSPS) is 14.0. The lowest BCUT2D eigenvalue weighted by Crippen LogP contribution is -2.44. The Balaban J connectivity index is 0.000000252. The summed E-state index contributed by atoms with van der Waals surface area (Å²) < 4.78 is 10.8. The Labute approximate surface area is 412 Å². The van der Waals surface area contributed by atoms with Crippen LogP contribution < -0.4 is 11.1 Å². The first-order chi connectivity index (χ1) is 33.6. The van der Waals surface area contributed by atoms with E-state index in [-0.39, 0.29) is 29.8 Å². The number of nitrogens with zero attached hydrogens (tertiary/aromatic N) is 9. The van der Waals surface area contributed by atoms with Crippen molar-refractivity contribution < 1.29 is 38.9 Å². The van der Waals surface area contributed by atoms with E-state index in [0.717, 1.165) is 49.3 Å². The molecule has 2 amide bonds. The van der Waals surface area contributed by atoms with E-state index in [1.165, 1.54) is 53.4 Å². The molecule has 4 aromatic carbocycles. The van der Waals surface area contributed by atoms with Crippen molar-refractivity contribution in [2.75, 3.05) is 51.6 Å². The largest absolute Gasteiger partial charge is 0.443 e. The van der Waals surface area contributed by atoms with Crippen LogP contribution in [0.4, 0.5) is 32.3 Å². The highest BCUT2D eigenvalue weighted by Crippen LogP contribution is 2.22. The molecule has 3 aliphatic heterocycles. The van der Waals surface area contributed by atoms with Crippen LogP contribution in [0.5, 0.6) is 0 Å². The van der Waals surface area contributed by atoms with Gasteiger partial charge in [0.15, 0.2) is 0 Å². The fourth-order valence-electron chi connectivity index (χ4n) is 6.31. The first-order valence-electron chi connectivity index (χ1n) is 22.6. The smallest absolute Gasteiger partial charge is 0.416 e. The first-order valence-corrected chi connectivity index (χ1v) is 22.6. The number of non-ortho nitro benzene ring substituents is 3. The zero-order valence-electron chi connectivity index (χ0n) is 40.9. The zero-order chi connectivity index (χ0) is 52.7. The highest BCUT2D eigenvalue weighted by atomic mass is 16.6. The number of nitro groups is 3. The third-order valence-electron chi connectivity index (χ3n) is 9.22. The topological polar surface area (TPSA) is 308 Å². The highest BCUT2D eigenvalue weighted by molar-refractivity contribution is 6.08. The van der Waals surface area contributed by atoms with Gasteiger partial charge in [-0.2, -0.15) is 5.26 Å². The quantitative estimate of drug-likeness (QED) is 0.0928. The summed E-state index contributed by atoms with van der Waals surface area (Å²) in [5.74, 6) is 1.81. The number of nitrogens with two attached hydrogens (primary N) is 1. The molecular formula is C49H61N11O11. The van der Waals surface area contributed by atoms with E-state index >= 15 is 0 Å². The number of nitro benzene ring substituents is 3. The van der Waals surface area contributed by atoms with Gasteiger partial charge in [0.25, 0.3) is 17.1 Å². The summed E-state index contributed by atoms with van der Waals surface area (Å²) in [6.45, 7) is 16.9. The summed E-state index contributed by atoms with van der Waals surface area (Å²) in [5, 5.41) is 50.7. The van der Waals surface area contributed by atoms with E-state index < -0.39 is 32.1 Å². The Morgan fingerprint density at radius 2 is 1.08 bits per heavy atom. The molecular weight excluding hydrogens is 919 g/mol. The Morgan fingerprint density at radius 3 is 1.51 bits per heavy atom. The van der Waals surface area contributed by atoms with Crippen molar-refractivity contribution >= 4 is 52.4 Å². The Hall–Kier alpha value is -8.32. The second-order valence-corrected chi connectivity index (χ2v) is 17.4. The minimum absolute atomic E-state index is 0.0325. The third-order valence-corrected chi connectivity index (χ3v) is 9.22. The molecule has 0 aromatic heterocycles. The van der Waals surface area contributed by atoms with E-state index in [1.54, 1.807) is 50.8 Å². The molecule has 0 spiro atoms. The molecule has 71 heavy (non-hydrogen) atoms. The first kappa shape index (κ1) is 57.0. The lowest BCUT2D eigenvalue weighted by Gasteiger charge is -2.30. The fraction of sp³-hybridized carbons (Fsp3) is 0.388. The molecule has 0 aliphatic carbocycles. The summed E-state index contributed by atoms with van der Waals surface area (Å²) in [6.07, 6.45) is 1.73. The number of ether oxygens (including phenoxy) is 2. The van der Waals surface area contributed by atoms with E-state index in [4.69, 9.17) is 25.6 Å². The van der Waals surface area contributed by atoms with Gasteiger partial charge in [0, 0.05) is 105 Å². The molecule has 0 bridgehead atoms. The molecule has 3 heterocycles. The number of carbonyl (C=O) groups excluding carboxylic acids is 2. The van der Waals surface area contributed by atoms with Crippen LogP contribution in [0.15, 0.2) is 112 Å². The lowest BCUT2D eigenvalue weighted by molar-refractivity contribution is -0.385. The molecule has 22 heteroatoms. The second-order valence-electron chi connectivity index (χ2n) is 17.4. The summed E-state index contributed by atoms with van der Waals surface area (Å²) in [5.41, 5.74) is 7.81. The Kier molecular flexibility index (Phi) is 22.2. The van der Waals surface area contributed by atoms with Crippen LogP contribution in [0, 0.1) is 41.7 Å². The van der Waals surface area contributed by atoms with E-state index in [2.05, 4.69) is 20.3 Å². The van der Waals surface area contributed by atoms with Crippen LogP contribution in [0.1, 0.15) is 90.0 Å². The van der Waals surface area contributed by atoms with Gasteiger partial charge >= 0.3 is 12.2 Å². The number of hydrogen-bond donors (Lipinski definition) is 3. The number of carbonyl (C=O) groups is 2. The monoisotopic (exact) mass is 979 g/mol. The van der Waals surface area contributed by atoms with Crippen molar-refractivity contribution in [3.8, 4) is 6.07 Å². The maximum atomic E-state index is 12.3. The Bertz CT molecular complexity index is 2620. The van der Waals surface area contributed by atoms with Crippen LogP contribution in [0.3, 0.4) is 0 Å². The zero-order valence-corrected chi connectivity index (χ0v) is 40.9. The lowest BCUT2D eigenvalue weighted by atomic mass is 10.1. The SMILES string of the molecule is CC(C)(C)OC(=O)N1CCCN=C1c1cccc(N)c1.CC(C)(C)OC(=O)N1CCCN=C1c1cccc([N+](=O)[O-])c1.CCO.N#Cc1cccc([N+](=O)[O-])c1.O=[N+]([O-])c1cccc(C2=NCCCN2)c1. The molecule has 3 aliphatic rings. The van der Waals surface area contributed by atoms with Gasteiger partial charge in [-0.15, -0.1) is 0 Å². The molecule has 0 unspecified atom stereocenters. The summed E-state index contributed by atoms with van der Waals surface area (Å²) in [4.78, 5) is 71.0. The second kappa shape index (κ2) is 27.6. The van der Waals surface area contributed by atoms with E-state index in [9.17, 15) is 39.9 Å². The summed E-state index contributed by atoms with van der Waals surface area (Å²) in [6, 6.07) is 27.4. The molecule has 4 aromatic rings. The van der Waals surface area contributed by atoms with E-state index in [0.29, 0.717) is 54.7 Å². The highest BCUT2D eigenvalue weighted by Gasteiger charge is 2.30. The van der Waals surface area contributed by atoms with Crippen molar-refractivity contribution in [1.29, 1.82) is 5.26 Å². The van der Waals surface area contributed by atoms with Crippen molar-refractivity contribution in [3.05, 3.63) is 150 Å². The number of amidine groups is 3. The van der Waals surface area contributed by atoms with E-state index in [1.807, 2.05) is 57.2 Å². The van der Waals surface area contributed by atoms with Gasteiger partial charge in [-0.1, -0.05) is 42.5 Å². The molecule has 0 fully saturated rings. The van der Waals surface area contributed by atoms with Crippen LogP contribution in [0.25, 0.3) is 0 Å². The Morgan fingerprint density at radius 1 is 0.676 bits per heavy atom. The van der Waals surface area contributed by atoms with Gasteiger partial charge in [-0.3, -0.25) is 55.1 Å². The average Bonchev–Trinajstić information content (AvgIpc) is 3.34. The van der Waals surface area contributed by atoms with Gasteiger partial charge in [-0.25, -0.2) is 9.59 Å². The number of nitriles is 1. The number of benzene rings is 4. The van der Waals surface area contributed by atoms with Gasteiger partial charge < -0.3 is 25.6 Å². The number of aliphatic hydroxyl groups excluding tert-OH is 1. The predicted octanol–water partition coefficient (Wildman–Crippen LogP) is 8.44. The number of nitrogen functional groups attached to an aromatic ring is 1. The van der Waals surface area contributed by atoms with Crippen LogP contribution in [-0.4, -0.2) is 116 Å². The molecule has 7 rings (SSSR count). The maximum Gasteiger partial charge on any atom is 0.416 e. The molecule has 4 N–H and O–H groups in total. The fourth-order valence-corrected chi connectivity index (χ4v) is 6.31. The van der Waals surface area contributed by atoms with Gasteiger partial charge in [-0.05, 0) is 85.9 Å². The maximum absolute atomic E-state index is 12.3. The van der Waals surface area contributed by atoms with Gasteiger partial charge in [0.1, 0.15) is 28.7 Å². The molecule has 0 saturated carbocycles. The molecule has 0 saturated heterocycles. The number of anilines is 1. The summed E-state index contributed by atoms with van der Waals surface area (Å²) >= 11 is 0. The minimum atomic E-state index is -0.609. The van der Waals surface area contributed by atoms with Crippen LogP contribution in [0.2, 0.25) is 0 Å². The number of rotatable bonds is 6. The number of aliphatic hydroxyl groups is 1. The van der Waals surface area contributed by atoms with Crippen molar-refractivity contribution in [1.82, 2.24) is 15.1 Å². The predicted molar refractivity (Wildman–Crippen MR) is 270 cm³/mol.